The Bertz CT molecular complexity index is 1590. The molecule has 3 N–H and O–H groups in total. The molecule has 0 bridgehead atoms. The Hall–Kier alpha value is -4.78. The van der Waals surface area contributed by atoms with Crippen LogP contribution in [0.25, 0.3) is 0 Å². The lowest BCUT2D eigenvalue weighted by Crippen LogP contribution is -2.32. The summed E-state index contributed by atoms with van der Waals surface area (Å²) >= 11 is 0. The molecule has 1 saturated heterocycles. The van der Waals surface area contributed by atoms with Crippen molar-refractivity contribution < 1.29 is 19.4 Å². The molecule has 1 atom stereocenters. The minimum Gasteiger partial charge on any atom is -0.479 e. The van der Waals surface area contributed by atoms with Gasteiger partial charge in [-0.25, -0.2) is 9.78 Å². The number of aromatic carboxylic acids is 1. The third kappa shape index (κ3) is 5.80. The lowest BCUT2D eigenvalue weighted by molar-refractivity contribution is -0.111. The molecule has 3 aromatic heterocycles. The van der Waals surface area contributed by atoms with Crippen LogP contribution in [-0.4, -0.2) is 88.7 Å². The molecule has 0 spiro atoms. The highest BCUT2D eigenvalue weighted by Gasteiger charge is 2.39. The molecule has 0 radical (unpaired) electrons. The van der Waals surface area contributed by atoms with Crippen LogP contribution < -0.4 is 25.2 Å². The number of carbonyl (C=O) groups excluding carboxylic acids is 1. The normalized spacial score (nSPS) is 17.1. The second-order valence-electron chi connectivity index (χ2n) is 11.6. The summed E-state index contributed by atoms with van der Waals surface area (Å²) in [5.41, 5.74) is 3.03. The molecule has 0 unspecified atom stereocenters. The number of nitrogens with zero attached hydrogens (tertiary/aromatic N) is 7. The van der Waals surface area contributed by atoms with E-state index in [1.807, 2.05) is 38.1 Å². The minimum absolute atomic E-state index is 0.0429. The SMILES string of the molecule is C=CC(=O)Nc1cc(Nc2ncc(C(=O)O)c(N3CC(C)(C)c4nc(C)ccc43)n2)c(OC)nc1N1CC[C@@H](N(C)C)C1. The minimum atomic E-state index is -1.15. The zero-order chi connectivity index (χ0) is 31.1. The molecule has 1 amide bonds. The second kappa shape index (κ2) is 11.5. The summed E-state index contributed by atoms with van der Waals surface area (Å²) in [7, 11) is 5.58. The first-order valence-corrected chi connectivity index (χ1v) is 14.0. The van der Waals surface area contributed by atoms with Crippen molar-refractivity contribution in [1.82, 2.24) is 24.8 Å². The molecule has 2 aliphatic heterocycles. The topological polar surface area (TPSA) is 149 Å². The van der Waals surface area contributed by atoms with Crippen molar-refractivity contribution in [3.05, 3.63) is 54.0 Å². The number of aromatic nitrogens is 4. The first-order valence-electron chi connectivity index (χ1n) is 14.0. The van der Waals surface area contributed by atoms with E-state index >= 15 is 0 Å². The summed E-state index contributed by atoms with van der Waals surface area (Å²) in [5.74, 6) is -0.325. The third-order valence-electron chi connectivity index (χ3n) is 7.80. The Morgan fingerprint density at radius 2 is 1.95 bits per heavy atom. The summed E-state index contributed by atoms with van der Waals surface area (Å²) in [6, 6.07) is 5.88. The van der Waals surface area contributed by atoms with Crippen LogP contribution in [0.15, 0.2) is 37.1 Å². The average Bonchev–Trinajstić information content (AvgIpc) is 3.56. The van der Waals surface area contributed by atoms with E-state index in [2.05, 4.69) is 50.8 Å². The zero-order valence-corrected chi connectivity index (χ0v) is 25.3. The second-order valence-corrected chi connectivity index (χ2v) is 11.6. The lowest BCUT2D eigenvalue weighted by Gasteiger charge is -2.25. The Labute approximate surface area is 250 Å². The number of amides is 1. The van der Waals surface area contributed by atoms with Gasteiger partial charge in [0, 0.05) is 43.0 Å². The van der Waals surface area contributed by atoms with Gasteiger partial charge in [-0.2, -0.15) is 9.97 Å². The van der Waals surface area contributed by atoms with E-state index in [4.69, 9.17) is 14.7 Å². The van der Waals surface area contributed by atoms with Crippen molar-refractivity contribution >= 4 is 46.5 Å². The molecule has 43 heavy (non-hydrogen) atoms. The van der Waals surface area contributed by atoms with Crippen LogP contribution in [0.5, 0.6) is 5.88 Å². The maximum Gasteiger partial charge on any atom is 0.341 e. The summed E-state index contributed by atoms with van der Waals surface area (Å²) in [5, 5.41) is 16.0. The number of aryl methyl sites for hydroxylation is 1. The molecule has 1 fully saturated rings. The molecular weight excluding hydrogens is 550 g/mol. The molecule has 0 aliphatic carbocycles. The molecule has 3 aromatic rings. The molecule has 5 rings (SSSR count). The number of hydrogen-bond acceptors (Lipinski definition) is 11. The molecule has 0 saturated carbocycles. The summed E-state index contributed by atoms with van der Waals surface area (Å²) < 4.78 is 5.64. The van der Waals surface area contributed by atoms with Crippen LogP contribution >= 0.6 is 0 Å². The highest BCUT2D eigenvalue weighted by Crippen LogP contribution is 2.44. The summed E-state index contributed by atoms with van der Waals surface area (Å²) in [4.78, 5) is 49.2. The van der Waals surface area contributed by atoms with E-state index in [1.54, 1.807) is 6.07 Å². The quantitative estimate of drug-likeness (QED) is 0.313. The van der Waals surface area contributed by atoms with Crippen molar-refractivity contribution in [1.29, 1.82) is 0 Å². The van der Waals surface area contributed by atoms with E-state index in [1.165, 1.54) is 19.4 Å². The summed E-state index contributed by atoms with van der Waals surface area (Å²) in [6.45, 7) is 11.6. The molecule has 226 valence electrons. The molecular formula is C30H37N9O4. The number of likely N-dealkylation sites (N-methyl/N-ethyl adjacent to an activating group) is 1. The maximum atomic E-state index is 12.4. The Morgan fingerprint density at radius 1 is 1.19 bits per heavy atom. The molecule has 0 aromatic carbocycles. The number of fused-ring (bicyclic) bond motifs is 1. The Morgan fingerprint density at radius 3 is 2.60 bits per heavy atom. The number of nitrogens with one attached hydrogen (secondary N) is 2. The van der Waals surface area contributed by atoms with Gasteiger partial charge < -0.3 is 35.2 Å². The van der Waals surface area contributed by atoms with E-state index in [-0.39, 0.29) is 34.5 Å². The van der Waals surface area contributed by atoms with Gasteiger partial charge in [0.15, 0.2) is 11.6 Å². The highest BCUT2D eigenvalue weighted by molar-refractivity contribution is 6.01. The Kier molecular flexibility index (Phi) is 7.93. The van der Waals surface area contributed by atoms with Crippen molar-refractivity contribution in [3.63, 3.8) is 0 Å². The number of rotatable bonds is 9. The van der Waals surface area contributed by atoms with Crippen molar-refractivity contribution in [2.75, 3.05) is 61.3 Å². The van der Waals surface area contributed by atoms with Crippen molar-refractivity contribution in [2.45, 2.75) is 38.6 Å². The van der Waals surface area contributed by atoms with Crippen LogP contribution in [0, 0.1) is 6.92 Å². The number of carboxylic acids is 1. The van der Waals surface area contributed by atoms with E-state index in [0.29, 0.717) is 29.8 Å². The fraction of sp³-hybridized carbons (Fsp3) is 0.400. The number of pyridine rings is 2. The smallest absolute Gasteiger partial charge is 0.341 e. The van der Waals surface area contributed by atoms with Gasteiger partial charge >= 0.3 is 5.97 Å². The van der Waals surface area contributed by atoms with E-state index in [0.717, 1.165) is 36.6 Å². The Balaban J connectivity index is 1.55. The van der Waals surface area contributed by atoms with Gasteiger partial charge in [-0.15, -0.1) is 0 Å². The van der Waals surface area contributed by atoms with Crippen LogP contribution in [0.2, 0.25) is 0 Å². The fourth-order valence-corrected chi connectivity index (χ4v) is 5.52. The van der Waals surface area contributed by atoms with Crippen LogP contribution in [-0.2, 0) is 10.2 Å². The molecule has 13 nitrogen and oxygen atoms in total. The number of methoxy groups -OCH3 is 1. The number of carbonyl (C=O) groups is 2. The number of ether oxygens (including phenoxy) is 1. The standard InChI is InChI=1S/C30H37N9O4/c1-8-23(40)33-20-13-21(27(43-7)35-26(20)38-12-11-18(15-38)37(5)6)34-29-31-14-19(28(41)42)25(36-29)39-16-30(3,4)24-22(39)10-9-17(2)32-24/h8-10,13-14,18H,1,11-12,15-16H2,2-7H3,(H,33,40)(H,41,42)(H,31,34,36)/t18-/m1/s1. The fourth-order valence-electron chi connectivity index (χ4n) is 5.52. The average molecular weight is 588 g/mol. The number of hydrogen-bond donors (Lipinski definition) is 3. The van der Waals surface area contributed by atoms with E-state index in [9.17, 15) is 14.7 Å². The maximum absolute atomic E-state index is 12.4. The number of anilines is 6. The van der Waals surface area contributed by atoms with Gasteiger partial charge in [-0.1, -0.05) is 20.4 Å². The predicted octanol–water partition coefficient (Wildman–Crippen LogP) is 3.72. The molecule has 5 heterocycles. The van der Waals surface area contributed by atoms with Gasteiger partial charge in [0.05, 0.1) is 24.2 Å². The number of carboxylic acid groups (broad SMARTS) is 1. The first-order chi connectivity index (χ1) is 20.4. The zero-order valence-electron chi connectivity index (χ0n) is 25.3. The molecule has 13 heteroatoms. The third-order valence-corrected chi connectivity index (χ3v) is 7.80. The molecule has 2 aliphatic rings. The summed E-state index contributed by atoms with van der Waals surface area (Å²) in [6.07, 6.45) is 3.42. The highest BCUT2D eigenvalue weighted by atomic mass is 16.5. The van der Waals surface area contributed by atoms with Crippen LogP contribution in [0.1, 0.15) is 42.0 Å². The van der Waals surface area contributed by atoms with Gasteiger partial charge in [0.2, 0.25) is 17.7 Å². The van der Waals surface area contributed by atoms with Crippen molar-refractivity contribution in [3.8, 4) is 5.88 Å². The first kappa shape index (κ1) is 29.7. The van der Waals surface area contributed by atoms with Gasteiger partial charge in [0.25, 0.3) is 0 Å². The monoisotopic (exact) mass is 587 g/mol. The van der Waals surface area contributed by atoms with E-state index < -0.39 is 5.97 Å². The van der Waals surface area contributed by atoms with Gasteiger partial charge in [-0.05, 0) is 51.7 Å². The van der Waals surface area contributed by atoms with Gasteiger partial charge in [0.1, 0.15) is 11.3 Å². The van der Waals surface area contributed by atoms with Gasteiger partial charge in [-0.3, -0.25) is 9.78 Å². The largest absolute Gasteiger partial charge is 0.479 e. The van der Waals surface area contributed by atoms with Crippen molar-refractivity contribution in [2.24, 2.45) is 0 Å². The lowest BCUT2D eigenvalue weighted by atomic mass is 9.91. The predicted molar refractivity (Wildman–Crippen MR) is 165 cm³/mol. The van der Waals surface area contributed by atoms with Crippen LogP contribution in [0.4, 0.5) is 34.6 Å². The van der Waals surface area contributed by atoms with Crippen LogP contribution in [0.3, 0.4) is 0 Å².